The first kappa shape index (κ1) is 38.2. The first-order valence-electron chi connectivity index (χ1n) is 19.9. The lowest BCUT2D eigenvalue weighted by Crippen LogP contribution is -2.54. The van der Waals surface area contributed by atoms with Crippen molar-refractivity contribution in [3.05, 3.63) is 126 Å². The van der Waals surface area contributed by atoms with Crippen molar-refractivity contribution in [3.63, 3.8) is 0 Å². The van der Waals surface area contributed by atoms with Crippen LogP contribution in [0, 0.1) is 0 Å². The van der Waals surface area contributed by atoms with Crippen molar-refractivity contribution in [1.82, 2.24) is 34.9 Å². The average molecular weight is 807 g/mol. The second-order valence-electron chi connectivity index (χ2n) is 15.1. The number of likely N-dealkylation sites (tertiary alicyclic amines) is 1. The molecule has 6 aromatic rings. The fraction of sp³-hybridized carbons (Fsp3) is 0.267. The van der Waals surface area contributed by atoms with Crippen LogP contribution in [0.25, 0.3) is 22.3 Å². The van der Waals surface area contributed by atoms with Crippen LogP contribution >= 0.6 is 11.8 Å². The Morgan fingerprint density at radius 2 is 1.58 bits per heavy atom. The summed E-state index contributed by atoms with van der Waals surface area (Å²) in [5.41, 5.74) is 11.9. The number of thioether (sulfide) groups is 1. The van der Waals surface area contributed by atoms with E-state index >= 15 is 0 Å². The van der Waals surface area contributed by atoms with Gasteiger partial charge in [-0.2, -0.15) is 5.10 Å². The predicted molar refractivity (Wildman–Crippen MR) is 224 cm³/mol. The number of para-hydroxylation sites is 1. The summed E-state index contributed by atoms with van der Waals surface area (Å²) in [7, 11) is 0. The molecule has 0 saturated carbocycles. The Hall–Kier alpha value is -6.38. The number of nitrogens with one attached hydrogen (secondary N) is 1. The van der Waals surface area contributed by atoms with E-state index in [1.54, 1.807) is 12.1 Å². The summed E-state index contributed by atoms with van der Waals surface area (Å²) >= 11 is 1.52. The van der Waals surface area contributed by atoms with E-state index in [1.807, 2.05) is 65.3 Å². The number of benzene rings is 4. The van der Waals surface area contributed by atoms with Crippen molar-refractivity contribution in [2.75, 3.05) is 31.1 Å². The number of aryl methyl sites for hydroxylation is 1. The highest BCUT2D eigenvalue weighted by molar-refractivity contribution is 7.99. The summed E-state index contributed by atoms with van der Waals surface area (Å²) in [5.74, 6) is 0.642. The SMILES string of the molecule is Nc1ncnc2c1c(-c1ccc(Oc3ccccc3)cc1)nn2[C@@H]1CCCN(CCc2ccc(CCSc3cccc4c3C(=O)N(C3CCC(=O)NC3=O)C4=O)cc2)C1. The number of nitrogens with zero attached hydrogens (tertiary/aromatic N) is 6. The fourth-order valence-corrected chi connectivity index (χ4v) is 9.31. The Bertz CT molecular complexity index is 2560. The van der Waals surface area contributed by atoms with Crippen LogP contribution in [0.2, 0.25) is 0 Å². The zero-order chi connectivity index (χ0) is 40.5. The molecule has 13 nitrogen and oxygen atoms in total. The molecule has 1 unspecified atom stereocenters. The van der Waals surface area contributed by atoms with Crippen molar-refractivity contribution >= 4 is 52.2 Å². The summed E-state index contributed by atoms with van der Waals surface area (Å²) < 4.78 is 8.05. The Morgan fingerprint density at radius 3 is 2.36 bits per heavy atom. The van der Waals surface area contributed by atoms with Crippen molar-refractivity contribution in [2.24, 2.45) is 0 Å². The number of hydrogen-bond donors (Lipinski definition) is 2. The standard InChI is InChI=1S/C45H42N8O5S/c46-41-39-40(30-15-17-33(18-16-30)58-32-7-2-1-3-8-32)50-53(42(39)48-27-47-41)31-6-5-23-51(26-31)24-21-28-11-13-29(14-12-28)22-25-59-36-10-4-9-34-38(36)45(57)52(44(34)56)35-19-20-37(54)49-43(35)55/h1-4,7-18,27,31,35H,5-6,19-26H2,(H2,46,47,48)(H,49,54,55)/t31-,35?/m1/s1. The molecule has 3 aliphatic heterocycles. The number of carbonyl (C=O) groups excluding carboxylic acids is 4. The monoisotopic (exact) mass is 806 g/mol. The molecule has 3 aliphatic rings. The van der Waals surface area contributed by atoms with Gasteiger partial charge in [0.25, 0.3) is 11.8 Å². The Kier molecular flexibility index (Phi) is 10.7. The Balaban J connectivity index is 0.805. The molecule has 2 saturated heterocycles. The molecule has 9 rings (SSSR count). The van der Waals surface area contributed by atoms with Gasteiger partial charge in [0.05, 0.1) is 22.6 Å². The molecule has 0 bridgehead atoms. The third-order valence-electron chi connectivity index (χ3n) is 11.3. The highest BCUT2D eigenvalue weighted by atomic mass is 32.2. The first-order chi connectivity index (χ1) is 28.8. The molecule has 2 atom stereocenters. The molecule has 2 fully saturated rings. The molecule has 2 aromatic heterocycles. The predicted octanol–water partition coefficient (Wildman–Crippen LogP) is 6.48. The van der Waals surface area contributed by atoms with Gasteiger partial charge in [-0.25, -0.2) is 14.6 Å². The maximum atomic E-state index is 13.5. The van der Waals surface area contributed by atoms with E-state index in [2.05, 4.69) is 44.5 Å². The van der Waals surface area contributed by atoms with Crippen LogP contribution in [0.5, 0.6) is 11.5 Å². The van der Waals surface area contributed by atoms with Crippen LogP contribution in [0.3, 0.4) is 0 Å². The zero-order valence-electron chi connectivity index (χ0n) is 32.3. The van der Waals surface area contributed by atoms with Crippen LogP contribution in [0.1, 0.15) is 63.6 Å². The molecule has 4 amide bonds. The number of rotatable bonds is 12. The molecule has 5 heterocycles. The van der Waals surface area contributed by atoms with E-state index in [-0.39, 0.29) is 18.9 Å². The fourth-order valence-electron chi connectivity index (χ4n) is 8.23. The lowest BCUT2D eigenvalue weighted by atomic mass is 10.0. The maximum Gasteiger partial charge on any atom is 0.263 e. The van der Waals surface area contributed by atoms with Crippen LogP contribution < -0.4 is 15.8 Å². The molecule has 14 heteroatoms. The summed E-state index contributed by atoms with van der Waals surface area (Å²) in [6, 6.07) is 30.6. The van der Waals surface area contributed by atoms with Crippen LogP contribution in [-0.2, 0) is 22.4 Å². The van der Waals surface area contributed by atoms with E-state index in [1.165, 1.54) is 29.2 Å². The topological polar surface area (TPSA) is 166 Å². The number of aromatic nitrogens is 4. The van der Waals surface area contributed by atoms with E-state index in [0.717, 1.165) is 84.0 Å². The van der Waals surface area contributed by atoms with Gasteiger partial charge in [0.15, 0.2) is 5.65 Å². The number of hydrogen-bond acceptors (Lipinski definition) is 11. The second kappa shape index (κ2) is 16.5. The molecular formula is C45H42N8O5S. The minimum Gasteiger partial charge on any atom is -0.457 e. The van der Waals surface area contributed by atoms with Gasteiger partial charge < -0.3 is 15.4 Å². The molecule has 0 radical (unpaired) electrons. The summed E-state index contributed by atoms with van der Waals surface area (Å²) in [6.07, 6.45) is 5.45. The zero-order valence-corrected chi connectivity index (χ0v) is 33.1. The lowest BCUT2D eigenvalue weighted by Gasteiger charge is -2.33. The highest BCUT2D eigenvalue weighted by Gasteiger charge is 2.45. The van der Waals surface area contributed by atoms with Gasteiger partial charge in [0.1, 0.15) is 35.4 Å². The maximum absolute atomic E-state index is 13.5. The normalized spacial score (nSPS) is 18.3. The molecule has 0 spiro atoms. The second-order valence-corrected chi connectivity index (χ2v) is 16.2. The number of nitrogens with two attached hydrogens (primary N) is 1. The van der Waals surface area contributed by atoms with Crippen molar-refractivity contribution in [3.8, 4) is 22.8 Å². The van der Waals surface area contributed by atoms with Crippen molar-refractivity contribution in [2.45, 2.75) is 55.5 Å². The number of nitrogen functional groups attached to an aromatic ring is 1. The summed E-state index contributed by atoms with van der Waals surface area (Å²) in [4.78, 5) is 64.0. The molecule has 59 heavy (non-hydrogen) atoms. The molecule has 0 aliphatic carbocycles. The largest absolute Gasteiger partial charge is 0.457 e. The van der Waals surface area contributed by atoms with Crippen LogP contribution in [0.15, 0.2) is 108 Å². The highest BCUT2D eigenvalue weighted by Crippen LogP contribution is 2.36. The number of fused-ring (bicyclic) bond motifs is 2. The van der Waals surface area contributed by atoms with Gasteiger partial charge in [-0.3, -0.25) is 29.4 Å². The summed E-state index contributed by atoms with van der Waals surface area (Å²) in [5, 5.41) is 8.13. The third-order valence-corrected chi connectivity index (χ3v) is 12.3. The van der Waals surface area contributed by atoms with Gasteiger partial charge in [0, 0.05) is 35.7 Å². The van der Waals surface area contributed by atoms with Crippen molar-refractivity contribution < 1.29 is 23.9 Å². The van der Waals surface area contributed by atoms with E-state index in [0.29, 0.717) is 27.6 Å². The van der Waals surface area contributed by atoms with Gasteiger partial charge in [-0.05, 0) is 98.3 Å². The Labute approximate surface area is 345 Å². The van der Waals surface area contributed by atoms with E-state index in [9.17, 15) is 19.2 Å². The van der Waals surface area contributed by atoms with Gasteiger partial charge in [-0.15, -0.1) is 11.8 Å². The van der Waals surface area contributed by atoms with E-state index < -0.39 is 29.7 Å². The van der Waals surface area contributed by atoms with Crippen LogP contribution in [0.4, 0.5) is 5.82 Å². The molecular weight excluding hydrogens is 765 g/mol. The summed E-state index contributed by atoms with van der Waals surface area (Å²) in [6.45, 7) is 2.78. The number of ether oxygens (including phenoxy) is 1. The molecule has 298 valence electrons. The van der Waals surface area contributed by atoms with Crippen molar-refractivity contribution in [1.29, 1.82) is 0 Å². The minimum atomic E-state index is -0.982. The number of imide groups is 2. The number of piperidine rings is 2. The van der Waals surface area contributed by atoms with Crippen LogP contribution in [-0.4, -0.2) is 84.6 Å². The average Bonchev–Trinajstić information content (AvgIpc) is 3.77. The lowest BCUT2D eigenvalue weighted by molar-refractivity contribution is -0.136. The van der Waals surface area contributed by atoms with E-state index in [4.69, 9.17) is 15.6 Å². The minimum absolute atomic E-state index is 0.0873. The third kappa shape index (κ3) is 7.80. The quantitative estimate of drug-likeness (QED) is 0.103. The van der Waals surface area contributed by atoms with Gasteiger partial charge in [-0.1, -0.05) is 48.5 Å². The smallest absolute Gasteiger partial charge is 0.263 e. The number of anilines is 1. The number of amides is 4. The van der Waals surface area contributed by atoms with Gasteiger partial charge in [0.2, 0.25) is 11.8 Å². The van der Waals surface area contributed by atoms with Gasteiger partial charge >= 0.3 is 0 Å². The first-order valence-corrected chi connectivity index (χ1v) is 20.9. The Morgan fingerprint density at radius 1 is 0.814 bits per heavy atom. The number of carbonyl (C=O) groups is 4. The molecule has 4 aromatic carbocycles. The molecule has 3 N–H and O–H groups in total.